The minimum atomic E-state index is -1.53. The van der Waals surface area contributed by atoms with Crippen LogP contribution in [0.2, 0.25) is 0 Å². The van der Waals surface area contributed by atoms with Gasteiger partial charge in [-0.3, -0.25) is 0 Å². The lowest BCUT2D eigenvalue weighted by atomic mass is 9.98. The van der Waals surface area contributed by atoms with E-state index >= 15 is 0 Å². The van der Waals surface area contributed by atoms with E-state index in [1.165, 1.54) is 12.1 Å². The van der Waals surface area contributed by atoms with Crippen LogP contribution in [0.25, 0.3) is 11.1 Å². The summed E-state index contributed by atoms with van der Waals surface area (Å²) in [5, 5.41) is 3.09. The monoisotopic (exact) mass is 297 g/mol. The lowest BCUT2D eigenvalue weighted by Crippen LogP contribution is -2.22. The first-order valence-corrected chi connectivity index (χ1v) is 6.56. The molecule has 0 unspecified atom stereocenters. The predicted molar refractivity (Wildman–Crippen MR) is 73.7 cm³/mol. The normalized spacial score (nSPS) is 11.2. The maximum absolute atomic E-state index is 13.9. The molecule has 0 aromatic heterocycles. The summed E-state index contributed by atoms with van der Waals surface area (Å²) >= 11 is 0. The third-order valence-electron chi connectivity index (χ3n) is 3.09. The van der Waals surface area contributed by atoms with Gasteiger partial charge in [0, 0.05) is 18.2 Å². The highest BCUT2D eigenvalue weighted by Crippen LogP contribution is 2.29. The summed E-state index contributed by atoms with van der Waals surface area (Å²) in [6, 6.07) is 5.94. The molecule has 112 valence electrons. The first-order valence-electron chi connectivity index (χ1n) is 6.56. The number of rotatable bonds is 4. The Morgan fingerprint density at radius 2 is 1.57 bits per heavy atom. The van der Waals surface area contributed by atoms with Crippen LogP contribution >= 0.6 is 0 Å². The molecule has 1 N–H and O–H groups in total. The molecule has 0 aliphatic carbocycles. The first kappa shape index (κ1) is 15.5. The van der Waals surface area contributed by atoms with E-state index in [1.807, 2.05) is 13.8 Å². The molecule has 0 amide bonds. The van der Waals surface area contributed by atoms with Gasteiger partial charge in [-0.2, -0.15) is 0 Å². The zero-order valence-electron chi connectivity index (χ0n) is 11.7. The third-order valence-corrected chi connectivity index (χ3v) is 3.09. The standard InChI is InChI=1S/C16H15F4N/c1-9(2)21-8-10-7-11(17)3-4-12(10)13-5-6-14(18)16(20)15(13)19/h3-7,9,21H,8H2,1-2H3. The fourth-order valence-electron chi connectivity index (χ4n) is 2.02. The second-order valence-electron chi connectivity index (χ2n) is 5.06. The SMILES string of the molecule is CC(C)NCc1cc(F)ccc1-c1ccc(F)c(F)c1F. The number of hydrogen-bond acceptors (Lipinski definition) is 1. The molecule has 0 radical (unpaired) electrons. The van der Waals surface area contributed by atoms with Crippen LogP contribution in [0.5, 0.6) is 0 Å². The van der Waals surface area contributed by atoms with Crippen molar-refractivity contribution in [1.82, 2.24) is 5.32 Å². The summed E-state index contributed by atoms with van der Waals surface area (Å²) in [5.74, 6) is -4.52. The Balaban J connectivity index is 2.51. The molecule has 21 heavy (non-hydrogen) atoms. The van der Waals surface area contributed by atoms with Crippen molar-refractivity contribution < 1.29 is 17.6 Å². The quantitative estimate of drug-likeness (QED) is 0.651. The van der Waals surface area contributed by atoms with E-state index in [9.17, 15) is 17.6 Å². The molecule has 0 heterocycles. The molecular formula is C16H15F4N. The van der Waals surface area contributed by atoms with Crippen LogP contribution in [0.1, 0.15) is 19.4 Å². The molecule has 5 heteroatoms. The van der Waals surface area contributed by atoms with Crippen molar-refractivity contribution in [3.63, 3.8) is 0 Å². The number of halogens is 4. The van der Waals surface area contributed by atoms with Crippen LogP contribution in [-0.4, -0.2) is 6.04 Å². The minimum absolute atomic E-state index is 0.0885. The Morgan fingerprint density at radius 3 is 2.24 bits per heavy atom. The van der Waals surface area contributed by atoms with Crippen LogP contribution in [0.4, 0.5) is 17.6 Å². The Bertz CT molecular complexity index is 653. The highest BCUT2D eigenvalue weighted by Gasteiger charge is 2.17. The third kappa shape index (κ3) is 3.42. The van der Waals surface area contributed by atoms with E-state index in [0.29, 0.717) is 17.7 Å². The van der Waals surface area contributed by atoms with Gasteiger partial charge in [0.15, 0.2) is 17.5 Å². The van der Waals surface area contributed by atoms with E-state index in [4.69, 9.17) is 0 Å². The van der Waals surface area contributed by atoms with E-state index in [-0.39, 0.29) is 11.6 Å². The van der Waals surface area contributed by atoms with Crippen molar-refractivity contribution in [2.45, 2.75) is 26.4 Å². The summed E-state index contributed by atoms with van der Waals surface area (Å²) in [7, 11) is 0. The maximum atomic E-state index is 13.9. The molecule has 0 bridgehead atoms. The molecule has 2 aromatic rings. The summed E-state index contributed by atoms with van der Waals surface area (Å²) in [6.07, 6.45) is 0. The first-order chi connectivity index (χ1) is 9.90. The molecule has 0 atom stereocenters. The van der Waals surface area contributed by atoms with Gasteiger partial charge in [0.05, 0.1) is 0 Å². The lowest BCUT2D eigenvalue weighted by Gasteiger charge is -2.14. The maximum Gasteiger partial charge on any atom is 0.195 e. The molecule has 0 aliphatic heterocycles. The molecular weight excluding hydrogens is 282 g/mol. The molecule has 0 saturated carbocycles. The molecule has 0 aliphatic rings. The molecule has 2 rings (SSSR count). The van der Waals surface area contributed by atoms with Crippen LogP contribution in [0.15, 0.2) is 30.3 Å². The van der Waals surface area contributed by atoms with E-state index in [0.717, 1.165) is 18.2 Å². The van der Waals surface area contributed by atoms with Crippen molar-refractivity contribution in [2.75, 3.05) is 0 Å². The van der Waals surface area contributed by atoms with Gasteiger partial charge in [-0.15, -0.1) is 0 Å². The van der Waals surface area contributed by atoms with Crippen molar-refractivity contribution in [3.05, 3.63) is 59.2 Å². The van der Waals surface area contributed by atoms with Gasteiger partial charge in [-0.25, -0.2) is 17.6 Å². The summed E-state index contributed by atoms with van der Waals surface area (Å²) in [6.45, 7) is 4.12. The smallest absolute Gasteiger partial charge is 0.195 e. The van der Waals surface area contributed by atoms with E-state index in [2.05, 4.69) is 5.32 Å². The summed E-state index contributed by atoms with van der Waals surface area (Å²) in [4.78, 5) is 0. The van der Waals surface area contributed by atoms with E-state index < -0.39 is 23.3 Å². The van der Waals surface area contributed by atoms with E-state index in [1.54, 1.807) is 0 Å². The van der Waals surface area contributed by atoms with Gasteiger partial charge >= 0.3 is 0 Å². The van der Waals surface area contributed by atoms with Crippen LogP contribution in [0.3, 0.4) is 0 Å². The van der Waals surface area contributed by atoms with Gasteiger partial charge in [-0.05, 0) is 35.4 Å². The Labute approximate surface area is 120 Å². The molecule has 0 spiro atoms. The van der Waals surface area contributed by atoms with Crippen molar-refractivity contribution in [3.8, 4) is 11.1 Å². The fraction of sp³-hybridized carbons (Fsp3) is 0.250. The molecule has 0 saturated heterocycles. The van der Waals surface area contributed by atoms with Crippen molar-refractivity contribution in [1.29, 1.82) is 0 Å². The molecule has 0 fully saturated rings. The van der Waals surface area contributed by atoms with Gasteiger partial charge in [-0.1, -0.05) is 19.9 Å². The molecule has 1 nitrogen and oxygen atoms in total. The number of benzene rings is 2. The average Bonchev–Trinajstić information content (AvgIpc) is 2.44. The topological polar surface area (TPSA) is 12.0 Å². The fourth-order valence-corrected chi connectivity index (χ4v) is 2.02. The zero-order chi connectivity index (χ0) is 15.6. The highest BCUT2D eigenvalue weighted by molar-refractivity contribution is 5.68. The summed E-state index contributed by atoms with van der Waals surface area (Å²) in [5.41, 5.74) is 0.726. The van der Waals surface area contributed by atoms with Gasteiger partial charge in [0.25, 0.3) is 0 Å². The van der Waals surface area contributed by atoms with Crippen molar-refractivity contribution >= 4 is 0 Å². The Kier molecular flexibility index (Phi) is 4.63. The average molecular weight is 297 g/mol. The highest BCUT2D eigenvalue weighted by atomic mass is 19.2. The second kappa shape index (κ2) is 6.26. The van der Waals surface area contributed by atoms with Crippen LogP contribution in [0, 0.1) is 23.3 Å². The largest absolute Gasteiger partial charge is 0.310 e. The Morgan fingerprint density at radius 1 is 0.905 bits per heavy atom. The number of nitrogens with one attached hydrogen (secondary N) is 1. The van der Waals surface area contributed by atoms with Crippen molar-refractivity contribution in [2.24, 2.45) is 0 Å². The second-order valence-corrected chi connectivity index (χ2v) is 5.06. The zero-order valence-corrected chi connectivity index (χ0v) is 11.7. The predicted octanol–water partition coefficient (Wildman–Crippen LogP) is 4.41. The lowest BCUT2D eigenvalue weighted by molar-refractivity contribution is 0.449. The molecule has 2 aromatic carbocycles. The van der Waals surface area contributed by atoms with Gasteiger partial charge in [0.1, 0.15) is 5.82 Å². The van der Waals surface area contributed by atoms with Gasteiger partial charge in [0.2, 0.25) is 0 Å². The number of hydrogen-bond donors (Lipinski definition) is 1. The van der Waals surface area contributed by atoms with Gasteiger partial charge < -0.3 is 5.32 Å². The van der Waals surface area contributed by atoms with Crippen LogP contribution in [-0.2, 0) is 6.54 Å². The minimum Gasteiger partial charge on any atom is -0.310 e. The summed E-state index contributed by atoms with van der Waals surface area (Å²) < 4.78 is 53.6. The van der Waals surface area contributed by atoms with Crippen LogP contribution < -0.4 is 5.32 Å². The Hall–Kier alpha value is -1.88.